The summed E-state index contributed by atoms with van der Waals surface area (Å²) in [5.41, 5.74) is 1.91. The van der Waals surface area contributed by atoms with E-state index in [0.717, 1.165) is 41.6 Å². The van der Waals surface area contributed by atoms with E-state index < -0.39 is 0 Å². The molecule has 3 rings (SSSR count). The Balaban J connectivity index is 1.73. The van der Waals surface area contributed by atoms with Crippen molar-refractivity contribution in [3.63, 3.8) is 0 Å². The summed E-state index contributed by atoms with van der Waals surface area (Å²) in [6, 6.07) is 0.0935. The summed E-state index contributed by atoms with van der Waals surface area (Å²) in [7, 11) is 0. The van der Waals surface area contributed by atoms with E-state index in [2.05, 4.69) is 15.0 Å². The van der Waals surface area contributed by atoms with Crippen LogP contribution in [0.15, 0.2) is 11.6 Å². The Bertz CT molecular complexity index is 618. The van der Waals surface area contributed by atoms with E-state index in [9.17, 15) is 4.79 Å². The summed E-state index contributed by atoms with van der Waals surface area (Å²) in [6.45, 7) is 4.75. The first kappa shape index (κ1) is 13.3. The summed E-state index contributed by atoms with van der Waals surface area (Å²) in [5.74, 6) is 1.05. The standard InChI is InChI=1S/C14H18N4OS/c1-9-7-15-14(16-9)12-4-3-5-18(12)13(19)6-11-8-20-10(2)17-11/h7-8,12H,3-6H2,1-2H3,(H,15,16)/t12-/m0/s1. The lowest BCUT2D eigenvalue weighted by atomic mass is 10.2. The Morgan fingerprint density at radius 3 is 3.05 bits per heavy atom. The van der Waals surface area contributed by atoms with E-state index in [4.69, 9.17) is 0 Å². The Labute approximate surface area is 122 Å². The fourth-order valence-corrected chi connectivity index (χ4v) is 3.31. The SMILES string of the molecule is Cc1cnc([C@@H]2CCCN2C(=O)Cc2csc(C)n2)[nH]1. The fraction of sp³-hybridized carbons (Fsp3) is 0.500. The van der Waals surface area contributed by atoms with Crippen LogP contribution in [-0.4, -0.2) is 32.3 Å². The van der Waals surface area contributed by atoms with Gasteiger partial charge in [-0.2, -0.15) is 0 Å². The number of hydrogen-bond donors (Lipinski definition) is 1. The van der Waals surface area contributed by atoms with Crippen LogP contribution in [0.2, 0.25) is 0 Å². The maximum atomic E-state index is 12.5. The zero-order chi connectivity index (χ0) is 14.1. The smallest absolute Gasteiger partial charge is 0.229 e. The van der Waals surface area contributed by atoms with Crippen molar-refractivity contribution in [1.29, 1.82) is 0 Å². The summed E-state index contributed by atoms with van der Waals surface area (Å²) >= 11 is 1.59. The molecule has 5 nitrogen and oxygen atoms in total. The minimum absolute atomic E-state index is 0.0935. The minimum Gasteiger partial charge on any atom is -0.344 e. The molecule has 0 unspecified atom stereocenters. The lowest BCUT2D eigenvalue weighted by molar-refractivity contribution is -0.131. The highest BCUT2D eigenvalue weighted by molar-refractivity contribution is 7.09. The number of nitrogens with one attached hydrogen (secondary N) is 1. The number of thiazole rings is 1. The van der Waals surface area contributed by atoms with E-state index in [1.54, 1.807) is 11.3 Å². The van der Waals surface area contributed by atoms with Gasteiger partial charge in [0.2, 0.25) is 5.91 Å². The average molecular weight is 290 g/mol. The molecule has 20 heavy (non-hydrogen) atoms. The molecule has 1 amide bonds. The number of carbonyl (C=O) groups is 1. The molecule has 1 atom stereocenters. The largest absolute Gasteiger partial charge is 0.344 e. The van der Waals surface area contributed by atoms with Crippen LogP contribution in [0, 0.1) is 13.8 Å². The van der Waals surface area contributed by atoms with E-state index >= 15 is 0 Å². The van der Waals surface area contributed by atoms with Gasteiger partial charge in [0.25, 0.3) is 0 Å². The highest BCUT2D eigenvalue weighted by Crippen LogP contribution is 2.30. The lowest BCUT2D eigenvalue weighted by Crippen LogP contribution is -2.32. The van der Waals surface area contributed by atoms with E-state index in [1.807, 2.05) is 30.3 Å². The molecule has 6 heteroatoms. The Kier molecular flexibility index (Phi) is 3.56. The predicted molar refractivity (Wildman–Crippen MR) is 77.6 cm³/mol. The number of imidazole rings is 1. The molecular weight excluding hydrogens is 272 g/mol. The quantitative estimate of drug-likeness (QED) is 0.944. The second-order valence-corrected chi connectivity index (χ2v) is 6.29. The molecule has 0 saturated carbocycles. The van der Waals surface area contributed by atoms with Crippen molar-refractivity contribution in [2.24, 2.45) is 0 Å². The number of aromatic amines is 1. The topological polar surface area (TPSA) is 61.9 Å². The number of carbonyl (C=O) groups excluding carboxylic acids is 1. The van der Waals surface area contributed by atoms with Crippen LogP contribution < -0.4 is 0 Å². The molecule has 2 aromatic rings. The molecule has 1 aliphatic heterocycles. The third-order valence-corrected chi connectivity index (χ3v) is 4.43. The van der Waals surface area contributed by atoms with Crippen LogP contribution in [0.25, 0.3) is 0 Å². The van der Waals surface area contributed by atoms with Crippen molar-refractivity contribution in [1.82, 2.24) is 19.9 Å². The number of H-pyrrole nitrogens is 1. The number of rotatable bonds is 3. The van der Waals surface area contributed by atoms with E-state index in [0.29, 0.717) is 6.42 Å². The summed E-state index contributed by atoms with van der Waals surface area (Å²) in [4.78, 5) is 26.4. The maximum Gasteiger partial charge on any atom is 0.229 e. The number of hydrogen-bond acceptors (Lipinski definition) is 4. The molecule has 0 radical (unpaired) electrons. The van der Waals surface area contributed by atoms with Crippen molar-refractivity contribution in [3.05, 3.63) is 33.8 Å². The van der Waals surface area contributed by atoms with Crippen LogP contribution in [0.4, 0.5) is 0 Å². The van der Waals surface area contributed by atoms with Crippen LogP contribution in [0.5, 0.6) is 0 Å². The first-order valence-corrected chi connectivity index (χ1v) is 7.73. The number of aromatic nitrogens is 3. The van der Waals surface area contributed by atoms with Gasteiger partial charge in [-0.1, -0.05) is 0 Å². The second-order valence-electron chi connectivity index (χ2n) is 5.23. The van der Waals surface area contributed by atoms with Gasteiger partial charge in [-0.25, -0.2) is 9.97 Å². The van der Waals surface area contributed by atoms with Gasteiger partial charge in [0.15, 0.2) is 0 Å². The molecule has 0 spiro atoms. The first-order valence-electron chi connectivity index (χ1n) is 6.85. The summed E-state index contributed by atoms with van der Waals surface area (Å²) in [6.07, 6.45) is 4.22. The molecule has 0 bridgehead atoms. The van der Waals surface area contributed by atoms with Gasteiger partial charge in [0.1, 0.15) is 5.82 Å². The second kappa shape index (κ2) is 5.36. The van der Waals surface area contributed by atoms with Gasteiger partial charge < -0.3 is 9.88 Å². The van der Waals surface area contributed by atoms with Gasteiger partial charge >= 0.3 is 0 Å². The molecular formula is C14H18N4OS. The first-order chi connectivity index (χ1) is 9.63. The molecule has 1 saturated heterocycles. The predicted octanol–water partition coefficient (Wildman–Crippen LogP) is 2.39. The third kappa shape index (κ3) is 2.60. The number of likely N-dealkylation sites (tertiary alicyclic amines) is 1. The Morgan fingerprint density at radius 1 is 1.55 bits per heavy atom. The van der Waals surface area contributed by atoms with E-state index in [1.165, 1.54) is 0 Å². The molecule has 2 aromatic heterocycles. The van der Waals surface area contributed by atoms with Crippen molar-refractivity contribution in [2.45, 2.75) is 39.2 Å². The zero-order valence-electron chi connectivity index (χ0n) is 11.7. The molecule has 106 valence electrons. The molecule has 1 aliphatic rings. The molecule has 1 fully saturated rings. The molecule has 3 heterocycles. The average Bonchev–Trinajstić information content (AvgIpc) is 3.09. The monoisotopic (exact) mass is 290 g/mol. The number of aryl methyl sites for hydroxylation is 2. The summed E-state index contributed by atoms with van der Waals surface area (Å²) in [5, 5.41) is 2.97. The van der Waals surface area contributed by atoms with Gasteiger partial charge in [0, 0.05) is 23.8 Å². The molecule has 0 aliphatic carbocycles. The van der Waals surface area contributed by atoms with Gasteiger partial charge in [-0.3, -0.25) is 4.79 Å². The van der Waals surface area contributed by atoms with Crippen molar-refractivity contribution >= 4 is 17.2 Å². The lowest BCUT2D eigenvalue weighted by Gasteiger charge is -2.22. The highest BCUT2D eigenvalue weighted by Gasteiger charge is 2.31. The van der Waals surface area contributed by atoms with Crippen molar-refractivity contribution in [2.75, 3.05) is 6.54 Å². The van der Waals surface area contributed by atoms with Crippen LogP contribution >= 0.6 is 11.3 Å². The van der Waals surface area contributed by atoms with Gasteiger partial charge in [0.05, 0.1) is 23.2 Å². The van der Waals surface area contributed by atoms with Crippen LogP contribution in [-0.2, 0) is 11.2 Å². The minimum atomic E-state index is 0.0935. The van der Waals surface area contributed by atoms with Crippen LogP contribution in [0.1, 0.15) is 41.1 Å². The van der Waals surface area contributed by atoms with Gasteiger partial charge in [-0.05, 0) is 26.7 Å². The highest BCUT2D eigenvalue weighted by atomic mass is 32.1. The maximum absolute atomic E-state index is 12.5. The number of amides is 1. The van der Waals surface area contributed by atoms with E-state index in [-0.39, 0.29) is 11.9 Å². The molecule has 0 aromatic carbocycles. The van der Waals surface area contributed by atoms with Crippen LogP contribution in [0.3, 0.4) is 0 Å². The van der Waals surface area contributed by atoms with Crippen molar-refractivity contribution < 1.29 is 4.79 Å². The summed E-state index contributed by atoms with van der Waals surface area (Å²) < 4.78 is 0. The Morgan fingerprint density at radius 2 is 2.40 bits per heavy atom. The zero-order valence-corrected chi connectivity index (χ0v) is 12.5. The Hall–Kier alpha value is -1.69. The normalized spacial score (nSPS) is 18.7. The van der Waals surface area contributed by atoms with Gasteiger partial charge in [-0.15, -0.1) is 11.3 Å². The third-order valence-electron chi connectivity index (χ3n) is 3.61. The molecule has 1 N–H and O–H groups in total. The van der Waals surface area contributed by atoms with Crippen molar-refractivity contribution in [3.8, 4) is 0 Å². The number of nitrogens with zero attached hydrogens (tertiary/aromatic N) is 3. The fourth-order valence-electron chi connectivity index (χ4n) is 2.70.